The van der Waals surface area contributed by atoms with Crippen LogP contribution < -0.4 is 10.1 Å². The highest BCUT2D eigenvalue weighted by Gasteiger charge is 2.37. The number of aryl methyl sites for hydroxylation is 2. The number of carbonyl (C=O) groups excluding carboxylic acids is 1. The fourth-order valence-electron chi connectivity index (χ4n) is 2.98. The molecule has 2 aromatic heterocycles. The van der Waals surface area contributed by atoms with E-state index >= 15 is 0 Å². The molecule has 0 unspecified atom stereocenters. The number of fused-ring (bicyclic) bond motifs is 1. The van der Waals surface area contributed by atoms with Crippen LogP contribution in [0.25, 0.3) is 11.0 Å². The van der Waals surface area contributed by atoms with Crippen molar-refractivity contribution in [2.24, 2.45) is 7.05 Å². The predicted molar refractivity (Wildman–Crippen MR) is 94.2 cm³/mol. The van der Waals surface area contributed by atoms with Crippen molar-refractivity contribution in [2.45, 2.75) is 19.3 Å². The van der Waals surface area contributed by atoms with Crippen molar-refractivity contribution in [3.8, 4) is 5.75 Å². The number of hydrogen-bond donors (Lipinski definition) is 1. The van der Waals surface area contributed by atoms with E-state index in [2.05, 4.69) is 15.4 Å². The fourth-order valence-corrected chi connectivity index (χ4v) is 2.98. The zero-order chi connectivity index (χ0) is 22.4. The minimum atomic E-state index is -5.04. The Morgan fingerprint density at radius 1 is 1.07 bits per heavy atom. The minimum absolute atomic E-state index is 0.0250. The SMILES string of the molecule is COc1c(C(=O)Nc2cc(C(F)(F)F)cc(C(F)(F)F)c2)cnc2c1c(C)nn2C. The highest BCUT2D eigenvalue weighted by Crippen LogP contribution is 2.38. The Morgan fingerprint density at radius 2 is 1.63 bits per heavy atom. The van der Waals surface area contributed by atoms with Gasteiger partial charge in [-0.15, -0.1) is 0 Å². The van der Waals surface area contributed by atoms with Crippen LogP contribution in [0.1, 0.15) is 27.2 Å². The van der Waals surface area contributed by atoms with Crippen LogP contribution in [-0.4, -0.2) is 27.8 Å². The van der Waals surface area contributed by atoms with Gasteiger partial charge < -0.3 is 10.1 Å². The van der Waals surface area contributed by atoms with Crippen molar-refractivity contribution in [1.82, 2.24) is 14.8 Å². The number of ether oxygens (including phenoxy) is 1. The molecule has 0 fully saturated rings. The van der Waals surface area contributed by atoms with E-state index in [1.165, 1.54) is 11.8 Å². The molecule has 0 saturated heterocycles. The third-order valence-corrected chi connectivity index (χ3v) is 4.27. The third-order valence-electron chi connectivity index (χ3n) is 4.27. The summed E-state index contributed by atoms with van der Waals surface area (Å²) in [4.78, 5) is 16.7. The molecule has 0 bridgehead atoms. The van der Waals surface area contributed by atoms with Gasteiger partial charge in [-0.05, 0) is 25.1 Å². The van der Waals surface area contributed by atoms with Crippen LogP contribution in [-0.2, 0) is 19.4 Å². The molecule has 0 saturated carbocycles. The van der Waals surface area contributed by atoms with Crippen LogP contribution in [0.3, 0.4) is 0 Å². The molecule has 0 radical (unpaired) electrons. The van der Waals surface area contributed by atoms with Gasteiger partial charge in [-0.1, -0.05) is 0 Å². The average Bonchev–Trinajstić information content (AvgIpc) is 2.93. The number of halogens is 6. The molecule has 1 amide bonds. The topological polar surface area (TPSA) is 69.0 Å². The Labute approximate surface area is 165 Å². The van der Waals surface area contributed by atoms with Crippen LogP contribution in [0.5, 0.6) is 5.75 Å². The quantitative estimate of drug-likeness (QED) is 0.616. The number of rotatable bonds is 3. The molecule has 0 aliphatic heterocycles. The van der Waals surface area contributed by atoms with Crippen molar-refractivity contribution in [1.29, 1.82) is 0 Å². The Kier molecular flexibility index (Phi) is 5.12. The number of nitrogens with zero attached hydrogens (tertiary/aromatic N) is 3. The highest BCUT2D eigenvalue weighted by molar-refractivity contribution is 6.09. The van der Waals surface area contributed by atoms with Gasteiger partial charge in [-0.2, -0.15) is 31.4 Å². The second-order valence-corrected chi connectivity index (χ2v) is 6.36. The first kappa shape index (κ1) is 21.4. The van der Waals surface area contributed by atoms with Gasteiger partial charge in [0.25, 0.3) is 5.91 Å². The van der Waals surface area contributed by atoms with E-state index in [4.69, 9.17) is 4.74 Å². The number of methoxy groups -OCH3 is 1. The summed E-state index contributed by atoms with van der Waals surface area (Å²) in [6.07, 6.45) is -8.96. The van der Waals surface area contributed by atoms with E-state index in [0.29, 0.717) is 28.9 Å². The van der Waals surface area contributed by atoms with Gasteiger partial charge >= 0.3 is 12.4 Å². The first-order valence-electron chi connectivity index (χ1n) is 8.30. The number of amides is 1. The Morgan fingerprint density at radius 3 is 2.13 bits per heavy atom. The van der Waals surface area contributed by atoms with E-state index in [0.717, 1.165) is 6.20 Å². The zero-order valence-corrected chi connectivity index (χ0v) is 15.7. The van der Waals surface area contributed by atoms with Gasteiger partial charge in [-0.3, -0.25) is 9.48 Å². The van der Waals surface area contributed by atoms with Crippen LogP contribution in [0.2, 0.25) is 0 Å². The molecule has 160 valence electrons. The van der Waals surface area contributed by atoms with E-state index in [-0.39, 0.29) is 17.4 Å². The summed E-state index contributed by atoms with van der Waals surface area (Å²) in [5.74, 6) is -0.942. The van der Waals surface area contributed by atoms with Gasteiger partial charge in [0.15, 0.2) is 5.65 Å². The van der Waals surface area contributed by atoms with Gasteiger partial charge in [0.1, 0.15) is 11.3 Å². The van der Waals surface area contributed by atoms with Crippen LogP contribution in [0, 0.1) is 6.92 Å². The Balaban J connectivity index is 2.07. The summed E-state index contributed by atoms with van der Waals surface area (Å²) in [6.45, 7) is 1.64. The van der Waals surface area contributed by atoms with E-state index < -0.39 is 35.1 Å². The van der Waals surface area contributed by atoms with Gasteiger partial charge in [0.2, 0.25) is 0 Å². The number of alkyl halides is 6. The second-order valence-electron chi connectivity index (χ2n) is 6.36. The lowest BCUT2D eigenvalue weighted by atomic mass is 10.1. The van der Waals surface area contributed by atoms with E-state index in [1.54, 1.807) is 14.0 Å². The molecule has 0 aliphatic rings. The third kappa shape index (κ3) is 3.89. The summed E-state index contributed by atoms with van der Waals surface area (Å²) < 4.78 is 84.8. The van der Waals surface area contributed by atoms with Crippen molar-refractivity contribution in [3.05, 3.63) is 46.8 Å². The van der Waals surface area contributed by atoms with Gasteiger partial charge in [0, 0.05) is 18.9 Å². The fraction of sp³-hybridized carbons (Fsp3) is 0.278. The molecular formula is C18H14F6N4O2. The number of anilines is 1. The molecule has 0 atom stereocenters. The molecule has 12 heteroatoms. The summed E-state index contributed by atoms with van der Waals surface area (Å²) in [6, 6.07) is 0.810. The number of benzene rings is 1. The lowest BCUT2D eigenvalue weighted by Crippen LogP contribution is -2.17. The van der Waals surface area contributed by atoms with E-state index in [1.807, 2.05) is 0 Å². The summed E-state index contributed by atoms with van der Waals surface area (Å²) in [7, 11) is 2.88. The van der Waals surface area contributed by atoms with Crippen LogP contribution in [0.15, 0.2) is 24.4 Å². The molecule has 30 heavy (non-hydrogen) atoms. The maximum Gasteiger partial charge on any atom is 0.416 e. The average molecular weight is 432 g/mol. The predicted octanol–water partition coefficient (Wildman–Crippen LogP) is 4.58. The summed E-state index contributed by atoms with van der Waals surface area (Å²) in [5.41, 5.74) is -3.07. The molecule has 3 rings (SSSR count). The standard InChI is InChI=1S/C18H14F6N4O2/c1-8-13-14(30-3)12(7-25-15(13)28(2)27-8)16(29)26-11-5-9(17(19,20)21)4-10(6-11)18(22,23)24/h4-7H,1-3H3,(H,26,29). The highest BCUT2D eigenvalue weighted by atomic mass is 19.4. The molecule has 2 heterocycles. The molecule has 3 aromatic rings. The molecule has 1 aromatic carbocycles. The molecule has 6 nitrogen and oxygen atoms in total. The number of nitrogens with one attached hydrogen (secondary N) is 1. The van der Waals surface area contributed by atoms with Crippen LogP contribution >= 0.6 is 0 Å². The molecular weight excluding hydrogens is 418 g/mol. The first-order chi connectivity index (χ1) is 13.8. The lowest BCUT2D eigenvalue weighted by molar-refractivity contribution is -0.143. The van der Waals surface area contributed by atoms with Crippen LogP contribution in [0.4, 0.5) is 32.0 Å². The first-order valence-corrected chi connectivity index (χ1v) is 8.30. The molecule has 1 N–H and O–H groups in total. The normalized spacial score (nSPS) is 12.3. The maximum absolute atomic E-state index is 13.0. The van der Waals surface area contributed by atoms with Crippen molar-refractivity contribution >= 4 is 22.6 Å². The number of aromatic nitrogens is 3. The lowest BCUT2D eigenvalue weighted by Gasteiger charge is -2.15. The monoisotopic (exact) mass is 432 g/mol. The van der Waals surface area contributed by atoms with Gasteiger partial charge in [-0.25, -0.2) is 4.98 Å². The Hall–Kier alpha value is -3.31. The molecule has 0 aliphatic carbocycles. The summed E-state index contributed by atoms with van der Waals surface area (Å²) in [5, 5.41) is 6.61. The number of carbonyl (C=O) groups is 1. The van der Waals surface area contributed by atoms with Crippen molar-refractivity contribution in [3.63, 3.8) is 0 Å². The molecule has 0 spiro atoms. The van der Waals surface area contributed by atoms with Crippen molar-refractivity contribution in [2.75, 3.05) is 12.4 Å². The van der Waals surface area contributed by atoms with E-state index in [9.17, 15) is 31.1 Å². The summed E-state index contributed by atoms with van der Waals surface area (Å²) >= 11 is 0. The van der Waals surface area contributed by atoms with Gasteiger partial charge in [0.05, 0.1) is 29.3 Å². The minimum Gasteiger partial charge on any atom is -0.495 e. The smallest absolute Gasteiger partial charge is 0.416 e. The second kappa shape index (κ2) is 7.18. The number of hydrogen-bond acceptors (Lipinski definition) is 4. The maximum atomic E-state index is 13.0. The van der Waals surface area contributed by atoms with Crippen molar-refractivity contribution < 1.29 is 35.9 Å². The zero-order valence-electron chi connectivity index (χ0n) is 15.7. The largest absolute Gasteiger partial charge is 0.495 e. The Bertz CT molecular complexity index is 1100. The number of pyridine rings is 1.